The van der Waals surface area contributed by atoms with Gasteiger partial charge < -0.3 is 10.2 Å². The van der Waals surface area contributed by atoms with Crippen LogP contribution < -0.4 is 10.2 Å². The molecule has 6 nitrogen and oxygen atoms in total. The van der Waals surface area contributed by atoms with Crippen molar-refractivity contribution >= 4 is 17.4 Å². The molecule has 0 spiro atoms. The van der Waals surface area contributed by atoms with E-state index in [1.165, 1.54) is 5.56 Å². The van der Waals surface area contributed by atoms with Gasteiger partial charge in [0.2, 0.25) is 5.91 Å². The van der Waals surface area contributed by atoms with Crippen LogP contribution in [0.15, 0.2) is 54.9 Å². The average Bonchev–Trinajstić information content (AvgIpc) is 2.78. The molecule has 4 rings (SSSR count). The Morgan fingerprint density at radius 2 is 1.90 bits per heavy atom. The Hall–Kier alpha value is -3.28. The molecule has 1 fully saturated rings. The lowest BCUT2D eigenvalue weighted by atomic mass is 9.96. The van der Waals surface area contributed by atoms with Gasteiger partial charge in [-0.2, -0.15) is 0 Å². The number of rotatable bonds is 4. The van der Waals surface area contributed by atoms with Gasteiger partial charge in [-0.3, -0.25) is 9.78 Å². The van der Waals surface area contributed by atoms with Gasteiger partial charge in [-0.1, -0.05) is 12.1 Å². The minimum Gasteiger partial charge on any atom is -0.354 e. The lowest BCUT2D eigenvalue weighted by Crippen LogP contribution is -2.41. The Labute approximate surface area is 171 Å². The molecule has 1 atom stereocenters. The summed E-state index contributed by atoms with van der Waals surface area (Å²) in [6.45, 7) is 5.64. The first-order chi connectivity index (χ1) is 14.1. The number of aromatic nitrogens is 3. The third kappa shape index (κ3) is 4.26. The molecule has 1 aromatic carbocycles. The molecule has 29 heavy (non-hydrogen) atoms. The number of carbonyl (C=O) groups is 1. The van der Waals surface area contributed by atoms with Gasteiger partial charge in [0.25, 0.3) is 0 Å². The standard InChI is InChI=1S/C23H25N5O/c1-16-5-3-7-20(17(16)2)25-23(29)19-6-4-14-28(15-19)22-9-8-21(26-27-22)18-10-12-24-13-11-18/h3,5,7-13,19H,4,6,14-15H2,1-2H3,(H,25,29). The van der Waals surface area contributed by atoms with Crippen molar-refractivity contribution in [3.63, 3.8) is 0 Å². The molecule has 1 amide bonds. The molecule has 1 unspecified atom stereocenters. The first kappa shape index (κ1) is 19.1. The molecule has 0 radical (unpaired) electrons. The second-order valence-corrected chi connectivity index (χ2v) is 7.53. The van der Waals surface area contributed by atoms with Gasteiger partial charge in [-0.15, -0.1) is 10.2 Å². The van der Waals surface area contributed by atoms with Gasteiger partial charge in [0.15, 0.2) is 5.82 Å². The molecule has 0 aliphatic carbocycles. The van der Waals surface area contributed by atoms with E-state index in [9.17, 15) is 4.79 Å². The zero-order valence-electron chi connectivity index (χ0n) is 16.8. The Morgan fingerprint density at radius 3 is 2.66 bits per heavy atom. The summed E-state index contributed by atoms with van der Waals surface area (Å²) in [5.74, 6) is 0.821. The molecule has 6 heteroatoms. The summed E-state index contributed by atoms with van der Waals surface area (Å²) in [6, 6.07) is 13.8. The highest BCUT2D eigenvalue weighted by molar-refractivity contribution is 5.93. The lowest BCUT2D eigenvalue weighted by Gasteiger charge is -2.32. The summed E-state index contributed by atoms with van der Waals surface area (Å²) in [5, 5.41) is 11.9. The molecule has 1 saturated heterocycles. The largest absolute Gasteiger partial charge is 0.354 e. The number of piperidine rings is 1. The van der Waals surface area contributed by atoms with Crippen LogP contribution in [0.5, 0.6) is 0 Å². The van der Waals surface area contributed by atoms with Crippen LogP contribution in [0.1, 0.15) is 24.0 Å². The van der Waals surface area contributed by atoms with Crippen molar-refractivity contribution < 1.29 is 4.79 Å². The van der Waals surface area contributed by atoms with Crippen LogP contribution in [-0.2, 0) is 4.79 Å². The third-order valence-electron chi connectivity index (χ3n) is 5.61. The van der Waals surface area contributed by atoms with Crippen molar-refractivity contribution in [3.8, 4) is 11.3 Å². The van der Waals surface area contributed by atoms with Crippen LogP contribution in [-0.4, -0.2) is 34.2 Å². The van der Waals surface area contributed by atoms with Gasteiger partial charge in [-0.05, 0) is 68.1 Å². The van der Waals surface area contributed by atoms with Gasteiger partial charge >= 0.3 is 0 Å². The molecule has 0 saturated carbocycles. The van der Waals surface area contributed by atoms with Crippen LogP contribution in [0, 0.1) is 19.8 Å². The molecule has 148 valence electrons. The second kappa shape index (κ2) is 8.39. The maximum atomic E-state index is 12.9. The van der Waals surface area contributed by atoms with Gasteiger partial charge in [0, 0.05) is 36.7 Å². The summed E-state index contributed by atoms with van der Waals surface area (Å²) in [5.41, 5.74) is 5.00. The number of hydrogen-bond acceptors (Lipinski definition) is 5. The maximum Gasteiger partial charge on any atom is 0.229 e. The highest BCUT2D eigenvalue weighted by Crippen LogP contribution is 2.25. The molecule has 3 heterocycles. The zero-order chi connectivity index (χ0) is 20.2. The van der Waals surface area contributed by atoms with E-state index in [1.807, 2.05) is 43.3 Å². The van der Waals surface area contributed by atoms with Crippen LogP contribution >= 0.6 is 0 Å². The van der Waals surface area contributed by atoms with Crippen LogP contribution in [0.2, 0.25) is 0 Å². The van der Waals surface area contributed by atoms with Crippen LogP contribution in [0.3, 0.4) is 0 Å². The van der Waals surface area contributed by atoms with E-state index >= 15 is 0 Å². The fourth-order valence-corrected chi connectivity index (χ4v) is 3.69. The molecule has 1 aliphatic heterocycles. The average molecular weight is 387 g/mol. The van der Waals surface area contributed by atoms with Crippen molar-refractivity contribution in [2.75, 3.05) is 23.3 Å². The fraction of sp³-hybridized carbons (Fsp3) is 0.304. The van der Waals surface area contributed by atoms with Crippen molar-refractivity contribution in [1.82, 2.24) is 15.2 Å². The maximum absolute atomic E-state index is 12.9. The van der Waals surface area contributed by atoms with E-state index < -0.39 is 0 Å². The first-order valence-electron chi connectivity index (χ1n) is 9.98. The molecule has 0 bridgehead atoms. The molecule has 2 aromatic heterocycles. The van der Waals surface area contributed by atoms with Gasteiger partial charge in [0.1, 0.15) is 0 Å². The normalized spacial score (nSPS) is 16.5. The first-order valence-corrected chi connectivity index (χ1v) is 9.98. The Morgan fingerprint density at radius 1 is 1.07 bits per heavy atom. The fourth-order valence-electron chi connectivity index (χ4n) is 3.69. The van der Waals surface area contributed by atoms with E-state index in [0.29, 0.717) is 6.54 Å². The monoisotopic (exact) mass is 387 g/mol. The van der Waals surface area contributed by atoms with Crippen molar-refractivity contribution in [1.29, 1.82) is 0 Å². The smallest absolute Gasteiger partial charge is 0.229 e. The Balaban J connectivity index is 1.44. The number of pyridine rings is 1. The highest BCUT2D eigenvalue weighted by atomic mass is 16.1. The van der Waals surface area contributed by atoms with E-state index in [1.54, 1.807) is 12.4 Å². The van der Waals surface area contributed by atoms with Gasteiger partial charge in [0.05, 0.1) is 11.6 Å². The molecule has 3 aromatic rings. The summed E-state index contributed by atoms with van der Waals surface area (Å²) >= 11 is 0. The molecule has 1 N–H and O–H groups in total. The lowest BCUT2D eigenvalue weighted by molar-refractivity contribution is -0.120. The summed E-state index contributed by atoms with van der Waals surface area (Å²) in [6.07, 6.45) is 5.33. The summed E-state index contributed by atoms with van der Waals surface area (Å²) < 4.78 is 0. The molecule has 1 aliphatic rings. The number of nitrogens with one attached hydrogen (secondary N) is 1. The second-order valence-electron chi connectivity index (χ2n) is 7.53. The third-order valence-corrected chi connectivity index (χ3v) is 5.61. The van der Waals surface area contributed by atoms with Gasteiger partial charge in [-0.25, -0.2) is 0 Å². The van der Waals surface area contributed by atoms with E-state index in [4.69, 9.17) is 0 Å². The van der Waals surface area contributed by atoms with Crippen LogP contribution in [0.4, 0.5) is 11.5 Å². The van der Waals surface area contributed by atoms with Crippen molar-refractivity contribution in [3.05, 3.63) is 66.0 Å². The SMILES string of the molecule is Cc1cccc(NC(=O)C2CCCN(c3ccc(-c4ccncc4)nn3)C2)c1C. The number of benzene rings is 1. The topological polar surface area (TPSA) is 71.0 Å². The minimum absolute atomic E-state index is 0.0645. The number of aryl methyl sites for hydroxylation is 1. The number of anilines is 2. The predicted octanol–water partition coefficient (Wildman–Crippen LogP) is 4.01. The minimum atomic E-state index is -0.0645. The molecular formula is C23H25N5O. The Kier molecular flexibility index (Phi) is 5.51. The van der Waals surface area contributed by atoms with Crippen molar-refractivity contribution in [2.24, 2.45) is 5.92 Å². The van der Waals surface area contributed by atoms with E-state index in [0.717, 1.165) is 47.7 Å². The zero-order valence-corrected chi connectivity index (χ0v) is 16.8. The molecular weight excluding hydrogens is 362 g/mol. The Bertz CT molecular complexity index is 988. The number of hydrogen-bond donors (Lipinski definition) is 1. The summed E-state index contributed by atoms with van der Waals surface area (Å²) in [4.78, 5) is 19.1. The number of carbonyl (C=O) groups excluding carboxylic acids is 1. The highest BCUT2D eigenvalue weighted by Gasteiger charge is 2.27. The predicted molar refractivity (Wildman–Crippen MR) is 115 cm³/mol. The number of nitrogens with zero attached hydrogens (tertiary/aromatic N) is 4. The van der Waals surface area contributed by atoms with E-state index in [-0.39, 0.29) is 11.8 Å². The van der Waals surface area contributed by atoms with E-state index in [2.05, 4.69) is 38.4 Å². The summed E-state index contributed by atoms with van der Waals surface area (Å²) in [7, 11) is 0. The number of amides is 1. The van der Waals surface area contributed by atoms with Crippen molar-refractivity contribution in [2.45, 2.75) is 26.7 Å². The van der Waals surface area contributed by atoms with Crippen LogP contribution in [0.25, 0.3) is 11.3 Å². The quantitative estimate of drug-likeness (QED) is 0.732.